The van der Waals surface area contributed by atoms with Crippen molar-refractivity contribution < 1.29 is 4.74 Å². The number of hydrogen-bond acceptors (Lipinski definition) is 5. The lowest BCUT2D eigenvalue weighted by atomic mass is 10.3. The maximum atomic E-state index is 5.17. The predicted octanol–water partition coefficient (Wildman–Crippen LogP) is 1.63. The molecule has 0 aliphatic rings. The van der Waals surface area contributed by atoms with Crippen molar-refractivity contribution >= 4 is 11.9 Å². The van der Waals surface area contributed by atoms with E-state index in [1.165, 1.54) is 12.7 Å². The van der Waals surface area contributed by atoms with Crippen molar-refractivity contribution in [2.45, 2.75) is 0 Å². The van der Waals surface area contributed by atoms with Gasteiger partial charge in [-0.3, -0.25) is 0 Å². The average Bonchev–Trinajstić information content (AvgIpc) is 2.38. The number of benzene rings is 1. The first-order chi connectivity index (χ1) is 7.90. The summed E-state index contributed by atoms with van der Waals surface area (Å²) in [4.78, 5) is 15.8. The number of rotatable bonds is 3. The summed E-state index contributed by atoms with van der Waals surface area (Å²) in [7, 11) is 1.61. The van der Waals surface area contributed by atoms with E-state index in [2.05, 4.69) is 19.9 Å². The second-order valence-electron chi connectivity index (χ2n) is 2.93. The van der Waals surface area contributed by atoms with Gasteiger partial charge in [-0.1, -0.05) is 12.1 Å². The van der Waals surface area contributed by atoms with Gasteiger partial charge >= 0.3 is 0 Å². The number of methoxy groups -OCH3 is 1. The number of aromatic nitrogens is 3. The molecule has 5 nitrogen and oxygen atoms in total. The average molecular weight is 214 g/mol. The number of nitrogens with zero attached hydrogens (tertiary/aromatic N) is 4. The molecule has 0 atom stereocenters. The monoisotopic (exact) mass is 214 g/mol. The Morgan fingerprint density at radius 1 is 1.19 bits per heavy atom. The molecule has 0 saturated carbocycles. The van der Waals surface area contributed by atoms with Gasteiger partial charge in [0.25, 0.3) is 0 Å². The summed E-state index contributed by atoms with van der Waals surface area (Å²) in [6.07, 6.45) is 4.42. The van der Waals surface area contributed by atoms with Crippen LogP contribution in [0, 0.1) is 0 Å². The van der Waals surface area contributed by atoms with E-state index < -0.39 is 0 Å². The summed E-state index contributed by atoms with van der Waals surface area (Å²) >= 11 is 0. The maximum absolute atomic E-state index is 5.17. The molecule has 1 aromatic carbocycles. The molecule has 0 aliphatic heterocycles. The topological polar surface area (TPSA) is 60.3 Å². The number of aliphatic imine (C=N–C) groups is 1. The van der Waals surface area contributed by atoms with Crippen LogP contribution in [0.5, 0.6) is 5.75 Å². The van der Waals surface area contributed by atoms with Gasteiger partial charge in [-0.15, -0.1) is 0 Å². The summed E-state index contributed by atoms with van der Waals surface area (Å²) in [5, 5.41) is 0. The largest absolute Gasteiger partial charge is 0.494 e. The van der Waals surface area contributed by atoms with E-state index in [-0.39, 0.29) is 0 Å². The van der Waals surface area contributed by atoms with Gasteiger partial charge in [-0.2, -0.15) is 0 Å². The highest BCUT2D eigenvalue weighted by Gasteiger charge is 1.98. The Balaban J connectivity index is 2.24. The van der Waals surface area contributed by atoms with Crippen molar-refractivity contribution in [3.63, 3.8) is 0 Å². The Hall–Kier alpha value is -2.30. The summed E-state index contributed by atoms with van der Waals surface area (Å²) in [6.45, 7) is 0. The van der Waals surface area contributed by atoms with Crippen LogP contribution in [-0.2, 0) is 0 Å². The van der Waals surface area contributed by atoms with Crippen molar-refractivity contribution in [3.05, 3.63) is 42.7 Å². The molecule has 1 heterocycles. The van der Waals surface area contributed by atoms with Crippen LogP contribution >= 0.6 is 0 Å². The van der Waals surface area contributed by atoms with Crippen molar-refractivity contribution in [2.24, 2.45) is 4.99 Å². The third kappa shape index (κ3) is 2.38. The molecule has 0 amide bonds. The molecule has 2 rings (SSSR count). The quantitative estimate of drug-likeness (QED) is 0.728. The van der Waals surface area contributed by atoms with Gasteiger partial charge in [0, 0.05) is 0 Å². The van der Waals surface area contributed by atoms with Crippen LogP contribution in [0.4, 0.5) is 5.69 Å². The summed E-state index contributed by atoms with van der Waals surface area (Å²) < 4.78 is 5.17. The smallest absolute Gasteiger partial charge is 0.173 e. The Morgan fingerprint density at radius 3 is 2.69 bits per heavy atom. The van der Waals surface area contributed by atoms with Gasteiger partial charge < -0.3 is 4.74 Å². The van der Waals surface area contributed by atoms with Crippen LogP contribution in [0.1, 0.15) is 5.82 Å². The van der Waals surface area contributed by atoms with Gasteiger partial charge in [-0.25, -0.2) is 19.9 Å². The van der Waals surface area contributed by atoms with Crippen molar-refractivity contribution in [1.29, 1.82) is 0 Å². The van der Waals surface area contributed by atoms with Crippen LogP contribution < -0.4 is 4.74 Å². The predicted molar refractivity (Wildman–Crippen MR) is 60.1 cm³/mol. The minimum absolute atomic E-state index is 0.515. The molecule has 0 bridgehead atoms. The summed E-state index contributed by atoms with van der Waals surface area (Å²) in [5.41, 5.74) is 0.741. The molecule has 0 N–H and O–H groups in total. The van der Waals surface area contributed by atoms with E-state index >= 15 is 0 Å². The molecule has 1 aromatic heterocycles. The lowest BCUT2D eigenvalue weighted by molar-refractivity contribution is 0.416. The molecule has 0 unspecified atom stereocenters. The first kappa shape index (κ1) is 10.2. The highest BCUT2D eigenvalue weighted by Crippen LogP contribution is 2.25. The second kappa shape index (κ2) is 4.97. The van der Waals surface area contributed by atoms with E-state index in [0.717, 1.165) is 5.69 Å². The lowest BCUT2D eigenvalue weighted by Gasteiger charge is -2.01. The highest BCUT2D eigenvalue weighted by atomic mass is 16.5. The van der Waals surface area contributed by atoms with Crippen molar-refractivity contribution in [2.75, 3.05) is 7.11 Å². The Labute approximate surface area is 92.9 Å². The third-order valence-electron chi connectivity index (χ3n) is 1.92. The van der Waals surface area contributed by atoms with E-state index in [0.29, 0.717) is 11.6 Å². The van der Waals surface area contributed by atoms with Gasteiger partial charge in [0.15, 0.2) is 5.82 Å². The molecule has 0 aliphatic carbocycles. The van der Waals surface area contributed by atoms with Gasteiger partial charge in [0.2, 0.25) is 0 Å². The SMILES string of the molecule is COc1ccccc1N=Cc1ncncn1. The van der Waals surface area contributed by atoms with Crippen molar-refractivity contribution in [1.82, 2.24) is 15.0 Å². The van der Waals surface area contributed by atoms with E-state index in [9.17, 15) is 0 Å². The first-order valence-corrected chi connectivity index (χ1v) is 4.69. The molecule has 5 heteroatoms. The Morgan fingerprint density at radius 2 is 1.94 bits per heavy atom. The van der Waals surface area contributed by atoms with Gasteiger partial charge in [-0.05, 0) is 12.1 Å². The third-order valence-corrected chi connectivity index (χ3v) is 1.92. The molecule has 0 spiro atoms. The molecule has 2 aromatic rings. The molecular weight excluding hydrogens is 204 g/mol. The fraction of sp³-hybridized carbons (Fsp3) is 0.0909. The zero-order chi connectivity index (χ0) is 11.2. The Kier molecular flexibility index (Phi) is 3.18. The minimum atomic E-state index is 0.515. The van der Waals surface area contributed by atoms with Crippen LogP contribution in [-0.4, -0.2) is 28.3 Å². The number of hydrogen-bond donors (Lipinski definition) is 0. The molecule has 0 saturated heterocycles. The Bertz CT molecular complexity index is 484. The molecule has 0 fully saturated rings. The van der Waals surface area contributed by atoms with E-state index in [1.807, 2.05) is 24.3 Å². The van der Waals surface area contributed by atoms with Crippen LogP contribution in [0.25, 0.3) is 0 Å². The fourth-order valence-corrected chi connectivity index (χ4v) is 1.18. The molecule has 0 radical (unpaired) electrons. The van der Waals surface area contributed by atoms with Crippen LogP contribution in [0.3, 0.4) is 0 Å². The standard InChI is InChI=1S/C11H10N4O/c1-16-10-5-3-2-4-9(10)13-6-11-14-7-12-8-15-11/h2-8H,1H3. The number of para-hydroxylation sites is 2. The van der Waals surface area contributed by atoms with Gasteiger partial charge in [0.05, 0.1) is 13.3 Å². The zero-order valence-electron chi connectivity index (χ0n) is 8.74. The normalized spacial score (nSPS) is 10.6. The van der Waals surface area contributed by atoms with Crippen molar-refractivity contribution in [3.8, 4) is 5.75 Å². The molecule has 80 valence electrons. The lowest BCUT2D eigenvalue weighted by Crippen LogP contribution is -1.92. The van der Waals surface area contributed by atoms with Gasteiger partial charge in [0.1, 0.15) is 24.1 Å². The van der Waals surface area contributed by atoms with E-state index in [1.54, 1.807) is 13.3 Å². The zero-order valence-corrected chi connectivity index (χ0v) is 8.74. The fourth-order valence-electron chi connectivity index (χ4n) is 1.18. The van der Waals surface area contributed by atoms with Crippen LogP contribution in [0.2, 0.25) is 0 Å². The maximum Gasteiger partial charge on any atom is 0.173 e. The van der Waals surface area contributed by atoms with Crippen LogP contribution in [0.15, 0.2) is 41.9 Å². The summed E-state index contributed by atoms with van der Waals surface area (Å²) in [5.74, 6) is 1.23. The highest BCUT2D eigenvalue weighted by molar-refractivity contribution is 5.78. The minimum Gasteiger partial charge on any atom is -0.494 e. The molecular formula is C11H10N4O. The second-order valence-corrected chi connectivity index (χ2v) is 2.93. The van der Waals surface area contributed by atoms with E-state index in [4.69, 9.17) is 4.74 Å². The first-order valence-electron chi connectivity index (χ1n) is 4.69. The summed E-state index contributed by atoms with van der Waals surface area (Å²) in [6, 6.07) is 7.49. The molecule has 16 heavy (non-hydrogen) atoms. The number of ether oxygens (including phenoxy) is 1.